The van der Waals surface area contributed by atoms with Gasteiger partial charge in [0.2, 0.25) is 0 Å². The highest BCUT2D eigenvalue weighted by Crippen LogP contribution is 2.30. The Morgan fingerprint density at radius 1 is 1.15 bits per heavy atom. The minimum Gasteiger partial charge on any atom is -0.772 e. The largest absolute Gasteiger partial charge is 0.772 e. The van der Waals surface area contributed by atoms with Crippen molar-refractivity contribution in [3.8, 4) is 11.3 Å². The Bertz CT molecular complexity index is 632. The normalized spacial score (nSPS) is 13.2. The lowest BCUT2D eigenvalue weighted by atomic mass is 10.1. The van der Waals surface area contributed by atoms with Crippen molar-refractivity contribution in [1.82, 2.24) is 9.97 Å². The van der Waals surface area contributed by atoms with Crippen molar-refractivity contribution in [3.63, 3.8) is 0 Å². The van der Waals surface area contributed by atoms with Crippen LogP contribution in [-0.4, -0.2) is 18.7 Å². The molecule has 0 fully saturated rings. The number of benzene rings is 1. The van der Waals surface area contributed by atoms with Gasteiger partial charge < -0.3 is 4.55 Å². The number of aromatic nitrogens is 2. The summed E-state index contributed by atoms with van der Waals surface area (Å²) in [5.41, 5.74) is -0.668. The standard InChI is InChI=1S/C12H9F3N2O2S/c13-12(14,15)10-6-9(8-4-2-1-3-5-8)16-11(17-10)7-20(18)19/h1-6H,7H2,(H,18,19)/p-1. The van der Waals surface area contributed by atoms with Crippen LogP contribution in [0.4, 0.5) is 13.2 Å². The van der Waals surface area contributed by atoms with Crippen LogP contribution in [0.2, 0.25) is 0 Å². The van der Waals surface area contributed by atoms with Crippen LogP contribution in [-0.2, 0) is 23.0 Å². The molecule has 1 aromatic heterocycles. The van der Waals surface area contributed by atoms with Gasteiger partial charge in [-0.15, -0.1) is 0 Å². The minimum absolute atomic E-state index is 0.0355. The third-order valence-corrected chi connectivity index (χ3v) is 2.87. The molecule has 0 spiro atoms. The fourth-order valence-electron chi connectivity index (χ4n) is 1.57. The lowest BCUT2D eigenvalue weighted by molar-refractivity contribution is -0.141. The second kappa shape index (κ2) is 5.68. The van der Waals surface area contributed by atoms with E-state index in [0.29, 0.717) is 5.56 Å². The summed E-state index contributed by atoms with van der Waals surface area (Å²) >= 11 is -2.56. The van der Waals surface area contributed by atoms with Gasteiger partial charge in [-0.2, -0.15) is 13.2 Å². The van der Waals surface area contributed by atoms with E-state index in [-0.39, 0.29) is 11.5 Å². The molecule has 106 valence electrons. The highest BCUT2D eigenvalue weighted by atomic mass is 32.2. The zero-order chi connectivity index (χ0) is 14.8. The number of alkyl halides is 3. The molecule has 2 rings (SSSR count). The molecule has 0 aliphatic rings. The van der Waals surface area contributed by atoms with Gasteiger partial charge in [-0.1, -0.05) is 30.3 Å². The van der Waals surface area contributed by atoms with Crippen molar-refractivity contribution in [2.45, 2.75) is 11.9 Å². The van der Waals surface area contributed by atoms with Crippen LogP contribution in [0.3, 0.4) is 0 Å². The quantitative estimate of drug-likeness (QED) is 0.817. The predicted molar refractivity (Wildman–Crippen MR) is 65.1 cm³/mol. The third-order valence-electron chi connectivity index (χ3n) is 2.38. The van der Waals surface area contributed by atoms with Gasteiger partial charge in [0.1, 0.15) is 11.5 Å². The SMILES string of the molecule is O=S([O-])Cc1nc(-c2ccccc2)cc(C(F)(F)F)n1. The first kappa shape index (κ1) is 14.6. The molecule has 0 N–H and O–H groups in total. The molecule has 1 heterocycles. The number of rotatable bonds is 3. The molecule has 8 heteroatoms. The Kier molecular flexibility index (Phi) is 4.15. The van der Waals surface area contributed by atoms with Crippen LogP contribution in [0.15, 0.2) is 36.4 Å². The van der Waals surface area contributed by atoms with Gasteiger partial charge in [0.05, 0.1) is 11.4 Å². The summed E-state index contributed by atoms with van der Waals surface area (Å²) in [7, 11) is 0. The third kappa shape index (κ3) is 3.61. The first-order valence-corrected chi connectivity index (χ1v) is 6.67. The predicted octanol–water partition coefficient (Wildman–Crippen LogP) is 2.54. The van der Waals surface area contributed by atoms with Crippen molar-refractivity contribution < 1.29 is 21.9 Å². The van der Waals surface area contributed by atoms with E-state index in [4.69, 9.17) is 0 Å². The summed E-state index contributed by atoms with van der Waals surface area (Å²) in [6.07, 6.45) is -4.66. The lowest BCUT2D eigenvalue weighted by Gasteiger charge is -2.11. The maximum atomic E-state index is 12.8. The summed E-state index contributed by atoms with van der Waals surface area (Å²) in [5.74, 6) is -1.05. The summed E-state index contributed by atoms with van der Waals surface area (Å²) < 4.78 is 59.5. The van der Waals surface area contributed by atoms with Gasteiger partial charge in [0.15, 0.2) is 0 Å². The average molecular weight is 301 g/mol. The average Bonchev–Trinajstić information content (AvgIpc) is 2.37. The van der Waals surface area contributed by atoms with E-state index in [9.17, 15) is 21.9 Å². The van der Waals surface area contributed by atoms with Crippen LogP contribution < -0.4 is 0 Å². The molecule has 1 aromatic carbocycles. The van der Waals surface area contributed by atoms with Crippen molar-refractivity contribution in [3.05, 3.63) is 47.9 Å². The van der Waals surface area contributed by atoms with Crippen LogP contribution in [0, 0.1) is 0 Å². The monoisotopic (exact) mass is 301 g/mol. The van der Waals surface area contributed by atoms with E-state index in [1.807, 2.05) is 0 Å². The minimum atomic E-state index is -4.66. The van der Waals surface area contributed by atoms with Gasteiger partial charge in [0.25, 0.3) is 0 Å². The lowest BCUT2D eigenvalue weighted by Crippen LogP contribution is -2.12. The summed E-state index contributed by atoms with van der Waals surface area (Å²) in [6.45, 7) is 0. The molecule has 0 amide bonds. The van der Waals surface area contributed by atoms with Crippen molar-refractivity contribution >= 4 is 11.1 Å². The molecule has 0 radical (unpaired) electrons. The van der Waals surface area contributed by atoms with Crippen LogP contribution >= 0.6 is 0 Å². The van der Waals surface area contributed by atoms with E-state index < -0.39 is 28.7 Å². The van der Waals surface area contributed by atoms with Crippen molar-refractivity contribution in [2.75, 3.05) is 0 Å². The van der Waals surface area contributed by atoms with Crippen molar-refractivity contribution in [1.29, 1.82) is 0 Å². The molecule has 4 nitrogen and oxygen atoms in total. The zero-order valence-corrected chi connectivity index (χ0v) is 10.7. The van der Waals surface area contributed by atoms with Gasteiger partial charge >= 0.3 is 6.18 Å². The van der Waals surface area contributed by atoms with Gasteiger partial charge in [-0.25, -0.2) is 9.97 Å². The second-order valence-electron chi connectivity index (χ2n) is 3.87. The zero-order valence-electron chi connectivity index (χ0n) is 9.92. The Balaban J connectivity index is 2.54. The van der Waals surface area contributed by atoms with Crippen LogP contribution in [0.1, 0.15) is 11.5 Å². The number of hydrogen-bond donors (Lipinski definition) is 0. The molecule has 2 aromatic rings. The van der Waals surface area contributed by atoms with Crippen molar-refractivity contribution in [2.24, 2.45) is 0 Å². The smallest absolute Gasteiger partial charge is 0.433 e. The first-order valence-electron chi connectivity index (χ1n) is 5.42. The fraction of sp³-hybridized carbons (Fsp3) is 0.167. The molecule has 0 saturated heterocycles. The van der Waals surface area contributed by atoms with Gasteiger partial charge in [-0.05, 0) is 17.1 Å². The maximum Gasteiger partial charge on any atom is 0.433 e. The Morgan fingerprint density at radius 3 is 2.35 bits per heavy atom. The highest BCUT2D eigenvalue weighted by molar-refractivity contribution is 7.78. The molecule has 0 saturated carbocycles. The summed E-state index contributed by atoms with van der Waals surface area (Å²) in [4.78, 5) is 7.09. The molecular formula is C12H8F3N2O2S-. The summed E-state index contributed by atoms with van der Waals surface area (Å²) in [5, 5.41) is 0. The Hall–Kier alpha value is -1.80. The molecule has 0 aliphatic heterocycles. The number of halogens is 3. The highest BCUT2D eigenvalue weighted by Gasteiger charge is 2.33. The molecule has 1 unspecified atom stereocenters. The van der Waals surface area contributed by atoms with E-state index >= 15 is 0 Å². The van der Waals surface area contributed by atoms with E-state index in [1.165, 1.54) is 0 Å². The Labute approximate surface area is 115 Å². The van der Waals surface area contributed by atoms with E-state index in [0.717, 1.165) is 6.07 Å². The molecule has 1 atom stereocenters. The molecular weight excluding hydrogens is 293 g/mol. The molecule has 0 bridgehead atoms. The molecule has 20 heavy (non-hydrogen) atoms. The maximum absolute atomic E-state index is 12.8. The topological polar surface area (TPSA) is 65.9 Å². The number of nitrogens with zero attached hydrogens (tertiary/aromatic N) is 2. The second-order valence-corrected chi connectivity index (χ2v) is 4.76. The molecule has 0 aliphatic carbocycles. The Morgan fingerprint density at radius 2 is 1.80 bits per heavy atom. The van der Waals surface area contributed by atoms with Gasteiger partial charge in [-0.3, -0.25) is 4.21 Å². The fourth-order valence-corrected chi connectivity index (χ4v) is 1.91. The van der Waals surface area contributed by atoms with E-state index in [1.54, 1.807) is 30.3 Å². The first-order chi connectivity index (χ1) is 9.36. The van der Waals surface area contributed by atoms with Crippen LogP contribution in [0.5, 0.6) is 0 Å². The summed E-state index contributed by atoms with van der Waals surface area (Å²) in [6, 6.07) is 8.97. The van der Waals surface area contributed by atoms with E-state index in [2.05, 4.69) is 9.97 Å². The number of hydrogen-bond acceptors (Lipinski definition) is 4. The van der Waals surface area contributed by atoms with Crippen LogP contribution in [0.25, 0.3) is 11.3 Å². The van der Waals surface area contributed by atoms with Gasteiger partial charge in [0, 0.05) is 5.56 Å².